The van der Waals surface area contributed by atoms with Gasteiger partial charge in [-0.2, -0.15) is 0 Å². The largest absolute Gasteiger partial charge is 0.483 e. The number of β-amino-alcohol motifs (C(OH)–C–C–N with tert-alkyl or cyclic N) is 2. The van der Waals surface area contributed by atoms with Crippen LogP contribution in [0.1, 0.15) is 25.0 Å². The zero-order valence-electron chi connectivity index (χ0n) is 15.0. The molecule has 1 fully saturated rings. The maximum atomic E-state index is 11.3. The van der Waals surface area contributed by atoms with Crippen molar-refractivity contribution in [1.29, 1.82) is 0 Å². The average Bonchev–Trinajstić information content (AvgIpc) is 2.99. The van der Waals surface area contributed by atoms with Crippen LogP contribution in [0.5, 0.6) is 5.75 Å². The number of rotatable bonds is 6. The number of nitrogen functional groups attached to an aromatic ring is 2. The fourth-order valence-electron chi connectivity index (χ4n) is 3.40. The van der Waals surface area contributed by atoms with E-state index in [1.54, 1.807) is 43.3 Å². The summed E-state index contributed by atoms with van der Waals surface area (Å²) < 4.78 is 6.16. The lowest BCUT2D eigenvalue weighted by Gasteiger charge is -2.36. The van der Waals surface area contributed by atoms with Gasteiger partial charge in [0.05, 0.1) is 6.10 Å². The number of likely N-dealkylation sites (tertiary alicyclic amines) is 1. The maximum Gasteiger partial charge on any atom is 0.153 e. The molecule has 1 saturated heterocycles. The monoisotopic (exact) mass is 357 g/mol. The number of benzene rings is 2. The number of hydrogen-bond acceptors (Lipinski definition) is 6. The Bertz CT molecular complexity index is 716. The topological polar surface area (TPSA) is 105 Å². The van der Waals surface area contributed by atoms with Crippen LogP contribution in [-0.2, 0) is 0 Å². The molecule has 0 aromatic heterocycles. The quantitative estimate of drug-likeness (QED) is 0.588. The van der Waals surface area contributed by atoms with Gasteiger partial charge in [-0.25, -0.2) is 0 Å². The minimum atomic E-state index is -1.17. The number of hydrogen-bond donors (Lipinski definition) is 4. The Morgan fingerprint density at radius 2 is 1.69 bits per heavy atom. The highest BCUT2D eigenvalue weighted by Gasteiger charge is 2.38. The van der Waals surface area contributed by atoms with E-state index in [-0.39, 0.29) is 6.10 Å². The van der Waals surface area contributed by atoms with Crippen LogP contribution >= 0.6 is 0 Å². The highest BCUT2D eigenvalue weighted by molar-refractivity contribution is 5.43. The molecule has 0 radical (unpaired) electrons. The summed E-state index contributed by atoms with van der Waals surface area (Å²) in [6.07, 6.45) is -0.204. The van der Waals surface area contributed by atoms with Crippen molar-refractivity contribution in [2.75, 3.05) is 31.1 Å². The van der Waals surface area contributed by atoms with Crippen LogP contribution in [0.25, 0.3) is 0 Å². The van der Waals surface area contributed by atoms with Crippen LogP contribution in [0.4, 0.5) is 11.4 Å². The van der Waals surface area contributed by atoms with Crippen molar-refractivity contribution in [3.05, 3.63) is 54.1 Å². The minimum Gasteiger partial charge on any atom is -0.483 e. The van der Waals surface area contributed by atoms with Crippen LogP contribution in [0.2, 0.25) is 0 Å². The van der Waals surface area contributed by atoms with E-state index in [4.69, 9.17) is 16.2 Å². The van der Waals surface area contributed by atoms with Gasteiger partial charge in [0.2, 0.25) is 0 Å². The molecule has 0 aliphatic carbocycles. The summed E-state index contributed by atoms with van der Waals surface area (Å²) in [6.45, 7) is 3.48. The second-order valence-electron chi connectivity index (χ2n) is 7.27. The second-order valence-corrected chi connectivity index (χ2v) is 7.27. The zero-order chi connectivity index (χ0) is 18.7. The first kappa shape index (κ1) is 18.5. The van der Waals surface area contributed by atoms with Gasteiger partial charge >= 0.3 is 0 Å². The molecular formula is C20H27N3O3. The van der Waals surface area contributed by atoms with Crippen LogP contribution in [0.15, 0.2) is 48.5 Å². The number of nitrogens with two attached hydrogens (primary N) is 2. The molecule has 0 amide bonds. The van der Waals surface area contributed by atoms with E-state index in [1.165, 1.54) is 0 Å². The molecule has 140 valence electrons. The van der Waals surface area contributed by atoms with E-state index in [9.17, 15) is 10.2 Å². The number of aliphatic hydroxyl groups excluding tert-OH is 1. The van der Waals surface area contributed by atoms with Gasteiger partial charge in [0.25, 0.3) is 0 Å². The van der Waals surface area contributed by atoms with Crippen molar-refractivity contribution in [1.82, 2.24) is 4.90 Å². The van der Waals surface area contributed by atoms with Gasteiger partial charge in [-0.05, 0) is 55.3 Å². The van der Waals surface area contributed by atoms with E-state index in [2.05, 4.69) is 4.90 Å². The molecule has 0 saturated carbocycles. The molecule has 2 aromatic carbocycles. The van der Waals surface area contributed by atoms with Gasteiger partial charge in [-0.1, -0.05) is 12.1 Å². The Labute approximate surface area is 154 Å². The fourth-order valence-corrected chi connectivity index (χ4v) is 3.40. The first-order valence-corrected chi connectivity index (χ1v) is 8.84. The third kappa shape index (κ3) is 4.46. The lowest BCUT2D eigenvalue weighted by atomic mass is 9.91. The Morgan fingerprint density at radius 3 is 2.23 bits per heavy atom. The van der Waals surface area contributed by atoms with E-state index >= 15 is 0 Å². The molecular weight excluding hydrogens is 330 g/mol. The van der Waals surface area contributed by atoms with E-state index < -0.39 is 11.7 Å². The number of aliphatic hydroxyl groups is 2. The molecule has 0 spiro atoms. The van der Waals surface area contributed by atoms with Gasteiger partial charge in [0.1, 0.15) is 11.4 Å². The first-order chi connectivity index (χ1) is 12.3. The van der Waals surface area contributed by atoms with Gasteiger partial charge in [0, 0.05) is 31.0 Å². The van der Waals surface area contributed by atoms with E-state index in [1.807, 2.05) is 12.1 Å². The molecule has 6 heteroatoms. The van der Waals surface area contributed by atoms with Crippen molar-refractivity contribution < 1.29 is 14.9 Å². The third-order valence-electron chi connectivity index (χ3n) is 4.73. The second kappa shape index (κ2) is 7.53. The normalized spacial score (nSPS) is 21.3. The average molecular weight is 357 g/mol. The summed E-state index contributed by atoms with van der Waals surface area (Å²) in [6, 6.07) is 14.4. The molecule has 1 heterocycles. The lowest BCUT2D eigenvalue weighted by molar-refractivity contribution is -0.0682. The summed E-state index contributed by atoms with van der Waals surface area (Å²) in [4.78, 5) is 2.06. The Hall–Kier alpha value is -2.28. The molecule has 1 aliphatic rings. The SMILES string of the molecule is CC(O)(CN1CCC(O)C1)C(Oc1ccc(N)cc1)c1ccc(N)cc1. The summed E-state index contributed by atoms with van der Waals surface area (Å²) in [5.74, 6) is 0.628. The van der Waals surface area contributed by atoms with E-state index in [0.29, 0.717) is 30.2 Å². The van der Waals surface area contributed by atoms with Crippen LogP contribution < -0.4 is 16.2 Å². The summed E-state index contributed by atoms with van der Waals surface area (Å²) in [7, 11) is 0. The van der Waals surface area contributed by atoms with Crippen molar-refractivity contribution in [2.45, 2.75) is 31.2 Å². The number of ether oxygens (including phenoxy) is 1. The summed E-state index contributed by atoms with van der Waals surface area (Å²) in [5, 5.41) is 21.0. The Balaban J connectivity index is 1.85. The molecule has 26 heavy (non-hydrogen) atoms. The predicted octanol–water partition coefficient (Wildman–Crippen LogP) is 1.79. The maximum absolute atomic E-state index is 11.3. The smallest absolute Gasteiger partial charge is 0.153 e. The minimum absolute atomic E-state index is 0.334. The molecule has 3 unspecified atom stereocenters. The predicted molar refractivity (Wildman–Crippen MR) is 103 cm³/mol. The molecule has 0 bridgehead atoms. The Morgan fingerprint density at radius 1 is 1.12 bits per heavy atom. The van der Waals surface area contributed by atoms with Gasteiger partial charge in [0.15, 0.2) is 6.10 Å². The molecule has 3 atom stereocenters. The first-order valence-electron chi connectivity index (χ1n) is 8.84. The Kier molecular flexibility index (Phi) is 5.36. The molecule has 2 aromatic rings. The standard InChI is InChI=1S/C20H27N3O3/c1-20(25,13-23-11-10-17(24)12-23)19(14-2-4-15(21)5-3-14)26-18-8-6-16(22)7-9-18/h2-9,17,19,24-25H,10-13,21-22H2,1H3. The zero-order valence-corrected chi connectivity index (χ0v) is 15.0. The van der Waals surface area contributed by atoms with Crippen molar-refractivity contribution in [2.24, 2.45) is 0 Å². The van der Waals surface area contributed by atoms with Crippen molar-refractivity contribution in [3.8, 4) is 5.75 Å². The highest BCUT2D eigenvalue weighted by Crippen LogP contribution is 2.33. The molecule has 3 rings (SSSR count). The number of nitrogens with zero attached hydrogens (tertiary/aromatic N) is 1. The van der Waals surface area contributed by atoms with Gasteiger partial charge < -0.3 is 26.4 Å². The molecule has 6 N–H and O–H groups in total. The van der Waals surface area contributed by atoms with Crippen LogP contribution in [0, 0.1) is 0 Å². The summed E-state index contributed by atoms with van der Waals surface area (Å²) in [5.41, 5.74) is 12.5. The van der Waals surface area contributed by atoms with E-state index in [0.717, 1.165) is 18.5 Å². The summed E-state index contributed by atoms with van der Waals surface area (Å²) >= 11 is 0. The highest BCUT2D eigenvalue weighted by atomic mass is 16.5. The molecule has 1 aliphatic heterocycles. The third-order valence-corrected chi connectivity index (χ3v) is 4.73. The van der Waals surface area contributed by atoms with Crippen molar-refractivity contribution >= 4 is 11.4 Å². The van der Waals surface area contributed by atoms with Crippen LogP contribution in [0.3, 0.4) is 0 Å². The molecule has 6 nitrogen and oxygen atoms in total. The fraction of sp³-hybridized carbons (Fsp3) is 0.400. The lowest BCUT2D eigenvalue weighted by Crippen LogP contribution is -2.46. The van der Waals surface area contributed by atoms with Crippen LogP contribution in [-0.4, -0.2) is 46.5 Å². The van der Waals surface area contributed by atoms with Gasteiger partial charge in [-0.3, -0.25) is 4.90 Å². The van der Waals surface area contributed by atoms with Gasteiger partial charge in [-0.15, -0.1) is 0 Å². The number of anilines is 2. The van der Waals surface area contributed by atoms with Crippen molar-refractivity contribution in [3.63, 3.8) is 0 Å².